The van der Waals surface area contributed by atoms with Crippen molar-refractivity contribution in [3.05, 3.63) is 83.8 Å². The summed E-state index contributed by atoms with van der Waals surface area (Å²) in [6.07, 6.45) is 3.71. The Kier molecular flexibility index (Phi) is 9.81. The molecule has 3 aromatic rings. The Labute approximate surface area is 322 Å². The van der Waals surface area contributed by atoms with Crippen LogP contribution in [0.5, 0.6) is 11.5 Å². The van der Waals surface area contributed by atoms with Crippen LogP contribution >= 0.6 is 46.6 Å². The van der Waals surface area contributed by atoms with E-state index in [-0.39, 0.29) is 22.2 Å². The molecule has 0 spiro atoms. The van der Waals surface area contributed by atoms with Crippen molar-refractivity contribution in [2.75, 3.05) is 30.5 Å². The lowest BCUT2D eigenvalue weighted by atomic mass is 9.78. The van der Waals surface area contributed by atoms with Crippen molar-refractivity contribution in [3.63, 3.8) is 0 Å². The first-order chi connectivity index (χ1) is 23.5. The summed E-state index contributed by atoms with van der Waals surface area (Å²) in [6.45, 7) is 19.2. The number of thioether (sulfide) groups is 1. The molecule has 11 heteroatoms. The minimum atomic E-state index is -4.28. The zero-order chi connectivity index (χ0) is 37.7. The molecular weight excluding hydrogens is 743 g/mol. The minimum absolute atomic E-state index is 0.00253. The van der Waals surface area contributed by atoms with Crippen molar-refractivity contribution in [2.24, 2.45) is 5.41 Å². The molecule has 1 atom stereocenters. The number of ether oxygens (including phenoxy) is 1. The molecule has 0 saturated heterocycles. The van der Waals surface area contributed by atoms with Gasteiger partial charge in [-0.05, 0) is 73.9 Å². The molecule has 0 radical (unpaired) electrons. The Balaban J connectivity index is 1.77. The van der Waals surface area contributed by atoms with Crippen LogP contribution in [0.1, 0.15) is 102 Å². The van der Waals surface area contributed by atoms with Gasteiger partial charge in [-0.15, -0.1) is 11.8 Å². The van der Waals surface area contributed by atoms with Gasteiger partial charge in [0.2, 0.25) is 5.36 Å². The summed E-state index contributed by atoms with van der Waals surface area (Å²) in [4.78, 5) is 2.89. The summed E-state index contributed by atoms with van der Waals surface area (Å²) in [6, 6.07) is 8.37. The minimum Gasteiger partial charge on any atom is -0.456 e. The molecule has 51 heavy (non-hydrogen) atoms. The SMILES string of the molecule is CCC1=CC(C)(C)[N+](C)=c2cc3c(cc21)=C(c1c(C)c(Cl)c(Cl)c(SCC(C)(C)C)c1Cl)c1cc2c(cc1O3)N(C)C(C)(C)CC2CS(=O)(=O)O. The third-order valence-electron chi connectivity index (χ3n) is 10.7. The molecule has 1 unspecified atom stereocenters. The molecule has 0 aromatic heterocycles. The van der Waals surface area contributed by atoms with Crippen LogP contribution in [0.15, 0.2) is 35.2 Å². The van der Waals surface area contributed by atoms with Crippen molar-refractivity contribution < 1.29 is 17.7 Å². The average Bonchev–Trinajstić information content (AvgIpc) is 3.01. The summed E-state index contributed by atoms with van der Waals surface area (Å²) in [7, 11) is -0.152. The van der Waals surface area contributed by atoms with Gasteiger partial charge in [0.15, 0.2) is 5.54 Å². The van der Waals surface area contributed by atoms with Gasteiger partial charge in [0.25, 0.3) is 10.1 Å². The van der Waals surface area contributed by atoms with E-state index in [1.165, 1.54) is 5.57 Å². The van der Waals surface area contributed by atoms with Crippen molar-refractivity contribution in [3.8, 4) is 11.5 Å². The maximum Gasteiger partial charge on any atom is 0.265 e. The molecule has 6 nitrogen and oxygen atoms in total. The average molecular weight is 791 g/mol. The first kappa shape index (κ1) is 38.5. The number of fused-ring (bicyclic) bond motifs is 4. The summed E-state index contributed by atoms with van der Waals surface area (Å²) in [5, 5.41) is 3.31. The maximum absolute atomic E-state index is 12.4. The molecule has 3 aromatic carbocycles. The number of rotatable bonds is 6. The summed E-state index contributed by atoms with van der Waals surface area (Å²) in [5.74, 6) is 1.24. The predicted molar refractivity (Wildman–Crippen MR) is 216 cm³/mol. The van der Waals surface area contributed by atoms with Crippen molar-refractivity contribution in [1.82, 2.24) is 4.58 Å². The van der Waals surface area contributed by atoms with E-state index in [9.17, 15) is 13.0 Å². The Morgan fingerprint density at radius 1 is 1.02 bits per heavy atom. The second kappa shape index (κ2) is 13.0. The van der Waals surface area contributed by atoms with Crippen LogP contribution in [0.2, 0.25) is 15.1 Å². The van der Waals surface area contributed by atoms with Gasteiger partial charge in [-0.25, -0.2) is 4.58 Å². The smallest absolute Gasteiger partial charge is 0.265 e. The summed E-state index contributed by atoms with van der Waals surface area (Å²) < 4.78 is 44.0. The second-order valence-electron chi connectivity index (χ2n) is 16.6. The number of allylic oxidation sites excluding steroid dienone is 1. The third-order valence-corrected chi connectivity index (χ3v) is 14.8. The molecule has 3 heterocycles. The Morgan fingerprint density at radius 3 is 2.29 bits per heavy atom. The number of benzene rings is 3. The van der Waals surface area contributed by atoms with Gasteiger partial charge >= 0.3 is 0 Å². The lowest BCUT2D eigenvalue weighted by Crippen LogP contribution is -2.47. The van der Waals surface area contributed by atoms with Crippen LogP contribution in [-0.4, -0.2) is 49.6 Å². The van der Waals surface area contributed by atoms with Crippen LogP contribution in [0.4, 0.5) is 5.69 Å². The molecule has 0 bridgehead atoms. The number of nitrogens with zero attached hydrogens (tertiary/aromatic N) is 2. The molecule has 0 aliphatic carbocycles. The maximum atomic E-state index is 12.4. The van der Waals surface area contributed by atoms with Gasteiger partial charge in [0.1, 0.15) is 18.5 Å². The molecule has 274 valence electrons. The predicted octanol–water partition coefficient (Wildman–Crippen LogP) is 9.74. The number of hydrogen-bond donors (Lipinski definition) is 1. The van der Waals surface area contributed by atoms with E-state index in [0.29, 0.717) is 33.0 Å². The van der Waals surface area contributed by atoms with Crippen LogP contribution in [0, 0.1) is 12.3 Å². The zero-order valence-corrected chi connectivity index (χ0v) is 35.2. The van der Waals surface area contributed by atoms with Gasteiger partial charge in [-0.3, -0.25) is 4.55 Å². The number of anilines is 1. The van der Waals surface area contributed by atoms with E-state index in [4.69, 9.17) is 39.5 Å². The number of hydrogen-bond acceptors (Lipinski definition) is 5. The van der Waals surface area contributed by atoms with E-state index in [1.807, 2.05) is 26.1 Å². The highest BCUT2D eigenvalue weighted by Gasteiger charge is 2.40. The normalized spacial score (nSPS) is 19.2. The van der Waals surface area contributed by atoms with Crippen molar-refractivity contribution in [1.29, 1.82) is 0 Å². The first-order valence-electron chi connectivity index (χ1n) is 17.3. The highest BCUT2D eigenvalue weighted by atomic mass is 35.5. The Hall–Kier alpha value is -2.20. The topological polar surface area (TPSA) is 69.8 Å². The van der Waals surface area contributed by atoms with E-state index in [1.54, 1.807) is 11.8 Å². The molecule has 6 rings (SSSR count). The fourth-order valence-corrected chi connectivity index (χ4v) is 10.7. The van der Waals surface area contributed by atoms with E-state index < -0.39 is 16.0 Å². The first-order valence-corrected chi connectivity index (χ1v) is 21.0. The van der Waals surface area contributed by atoms with E-state index >= 15 is 0 Å². The fourth-order valence-electron chi connectivity index (χ4n) is 7.64. The highest BCUT2D eigenvalue weighted by Crippen LogP contribution is 2.52. The monoisotopic (exact) mass is 789 g/mol. The molecule has 0 amide bonds. The zero-order valence-electron chi connectivity index (χ0n) is 31.3. The summed E-state index contributed by atoms with van der Waals surface area (Å²) in [5.41, 5.74) is 6.57. The van der Waals surface area contributed by atoms with E-state index in [0.717, 1.165) is 66.7 Å². The van der Waals surface area contributed by atoms with Crippen LogP contribution < -0.4 is 24.8 Å². The van der Waals surface area contributed by atoms with Crippen molar-refractivity contribution in [2.45, 2.75) is 97.0 Å². The molecular formula is C40H48Cl3N2O4S2+. The largest absolute Gasteiger partial charge is 0.456 e. The van der Waals surface area contributed by atoms with Crippen LogP contribution in [0.3, 0.4) is 0 Å². The van der Waals surface area contributed by atoms with Crippen LogP contribution in [-0.2, 0) is 10.1 Å². The van der Waals surface area contributed by atoms with Gasteiger partial charge in [-0.1, -0.05) is 62.5 Å². The van der Waals surface area contributed by atoms with Gasteiger partial charge < -0.3 is 9.64 Å². The molecule has 0 saturated carbocycles. The quantitative estimate of drug-likeness (QED) is 0.0909. The third kappa shape index (κ3) is 6.87. The van der Waals surface area contributed by atoms with E-state index in [2.05, 4.69) is 90.1 Å². The molecule has 3 aliphatic heterocycles. The molecule has 3 aliphatic rings. The van der Waals surface area contributed by atoms with Crippen LogP contribution in [0.25, 0.3) is 11.1 Å². The Bertz CT molecular complexity index is 2270. The molecule has 1 N–H and O–H groups in total. The fraction of sp³-hybridized carbons (Fsp3) is 0.475. The summed E-state index contributed by atoms with van der Waals surface area (Å²) >= 11 is 23.1. The standard InChI is InChI=1S/C40H47Cl3N2O4S2/c1-12-22-17-39(6,7)44(10)28-15-30-26(13-24(22)28)33(32-21(2)34(41)36(43)37(35(32)42)50-20-38(3,4)5)27-14-25-23(19-51(46,47)48)18-40(8,9)45(11)29(25)16-31(27)49-30/h13-17,23H,12,18-20H2,1-11H3/p+1. The lowest BCUT2D eigenvalue weighted by Gasteiger charge is -2.46. The number of halogens is 3. The second-order valence-corrected chi connectivity index (χ2v) is 20.2. The van der Waals surface area contributed by atoms with Gasteiger partial charge in [-0.2, -0.15) is 8.42 Å². The highest BCUT2D eigenvalue weighted by molar-refractivity contribution is 7.99. The Morgan fingerprint density at radius 2 is 1.69 bits per heavy atom. The number of likely N-dealkylation sites (N-methyl/N-ethyl adjacent to an activating group) is 1. The molecule has 0 fully saturated rings. The van der Waals surface area contributed by atoms with Crippen molar-refractivity contribution >= 4 is 73.5 Å². The van der Waals surface area contributed by atoms with Gasteiger partial charge in [0, 0.05) is 82.2 Å². The lowest BCUT2D eigenvalue weighted by molar-refractivity contribution is 0.387. The van der Waals surface area contributed by atoms with Gasteiger partial charge in [0.05, 0.1) is 26.9 Å².